The second-order valence-electron chi connectivity index (χ2n) is 15.2. The maximum absolute atomic E-state index is 12.8. The fourth-order valence-electron chi connectivity index (χ4n) is 6.91. The lowest BCUT2D eigenvalue weighted by molar-refractivity contribution is -0.336. The van der Waals surface area contributed by atoms with Gasteiger partial charge in [0.05, 0.1) is 25.9 Å². The Labute approximate surface area is 340 Å². The number of esters is 2. The monoisotopic (exact) mass is 832 g/mol. The summed E-state index contributed by atoms with van der Waals surface area (Å²) in [6.45, 7) is 1.99. The molecule has 1 saturated heterocycles. The van der Waals surface area contributed by atoms with Gasteiger partial charge in [0.1, 0.15) is 24.9 Å². The Hall–Kier alpha value is -1.97. The molecule has 2 rings (SSSR count). The predicted molar refractivity (Wildman–Crippen MR) is 216 cm³/mol. The van der Waals surface area contributed by atoms with E-state index in [1.807, 2.05) is 37.3 Å². The van der Waals surface area contributed by atoms with Gasteiger partial charge in [0.15, 0.2) is 6.10 Å². The molecule has 0 radical (unpaired) electrons. The Bertz CT molecular complexity index is 1200. The van der Waals surface area contributed by atoms with Crippen molar-refractivity contribution in [2.45, 2.75) is 179 Å². The predicted octanol–water partition coefficient (Wildman–Crippen LogP) is 8.63. The van der Waals surface area contributed by atoms with Crippen LogP contribution in [0.4, 0.5) is 0 Å². The van der Waals surface area contributed by atoms with Crippen LogP contribution in [0.5, 0.6) is 0 Å². The Morgan fingerprint density at radius 1 is 0.789 bits per heavy atom. The van der Waals surface area contributed by atoms with Crippen LogP contribution in [-0.2, 0) is 47.3 Å². The van der Waals surface area contributed by atoms with Crippen molar-refractivity contribution in [1.82, 2.24) is 0 Å². The summed E-state index contributed by atoms with van der Waals surface area (Å²) in [5, 5.41) is 27.7. The number of aliphatic hydroxyl groups is 2. The molecule has 1 heterocycles. The Morgan fingerprint density at radius 3 is 2.07 bits per heavy atom. The number of phosphoric ester groups is 1. The molecule has 8 unspecified atom stereocenters. The van der Waals surface area contributed by atoms with E-state index in [1.165, 1.54) is 57.8 Å². The second-order valence-corrected chi connectivity index (χ2v) is 16.6. The molecule has 2 bridgehead atoms. The van der Waals surface area contributed by atoms with Crippen LogP contribution in [0.3, 0.4) is 0 Å². The molecule has 2 fully saturated rings. The Balaban J connectivity index is 1.75. The van der Waals surface area contributed by atoms with E-state index in [1.54, 1.807) is 0 Å². The van der Waals surface area contributed by atoms with Crippen LogP contribution >= 0.6 is 7.82 Å². The molecule has 4 N–H and O–H groups in total. The molecule has 0 aromatic rings. The lowest BCUT2D eigenvalue weighted by atomic mass is 9.89. The SMILES string of the molecule is CC/C=C\CC(/C=C/C1C2CC(OO2)C1C/C=C\CCCC(=O)OC(COC(=O)CCCCCCCCCCCCCCC)COP(=O)(O)OCC(O)CO)OO. The molecule has 57 heavy (non-hydrogen) atoms. The van der Waals surface area contributed by atoms with Crippen molar-refractivity contribution >= 4 is 19.8 Å². The summed E-state index contributed by atoms with van der Waals surface area (Å²) in [6.07, 6.45) is 28.6. The van der Waals surface area contributed by atoms with Crippen molar-refractivity contribution in [1.29, 1.82) is 0 Å². The van der Waals surface area contributed by atoms with Gasteiger partial charge in [-0.1, -0.05) is 127 Å². The van der Waals surface area contributed by atoms with E-state index in [0.29, 0.717) is 25.7 Å². The van der Waals surface area contributed by atoms with Crippen molar-refractivity contribution in [3.05, 3.63) is 36.5 Å². The van der Waals surface area contributed by atoms with Crippen molar-refractivity contribution < 1.29 is 67.7 Å². The summed E-state index contributed by atoms with van der Waals surface area (Å²) in [6, 6.07) is 0. The van der Waals surface area contributed by atoms with E-state index in [4.69, 9.17) is 28.9 Å². The first kappa shape index (κ1) is 51.2. The van der Waals surface area contributed by atoms with E-state index in [9.17, 15) is 29.4 Å². The fourth-order valence-corrected chi connectivity index (χ4v) is 7.70. The third-order valence-electron chi connectivity index (χ3n) is 10.2. The molecule has 8 atom stereocenters. The zero-order chi connectivity index (χ0) is 41.6. The molecule has 1 aliphatic carbocycles. The third-order valence-corrected chi connectivity index (χ3v) is 11.2. The van der Waals surface area contributed by atoms with Crippen molar-refractivity contribution in [3.8, 4) is 0 Å². The number of carbonyl (C=O) groups excluding carboxylic acids is 2. The van der Waals surface area contributed by atoms with Crippen LogP contribution in [0.25, 0.3) is 0 Å². The highest BCUT2D eigenvalue weighted by atomic mass is 31.2. The number of hydrogen-bond donors (Lipinski definition) is 4. The number of unbranched alkanes of at least 4 members (excludes halogenated alkanes) is 13. The second kappa shape index (κ2) is 31.9. The summed E-state index contributed by atoms with van der Waals surface area (Å²) >= 11 is 0. The van der Waals surface area contributed by atoms with Gasteiger partial charge < -0.3 is 24.6 Å². The van der Waals surface area contributed by atoms with Gasteiger partial charge in [-0.25, -0.2) is 19.2 Å². The van der Waals surface area contributed by atoms with E-state index < -0.39 is 57.9 Å². The summed E-state index contributed by atoms with van der Waals surface area (Å²) in [5.74, 6) is -0.752. The van der Waals surface area contributed by atoms with E-state index in [0.717, 1.165) is 38.5 Å². The van der Waals surface area contributed by atoms with Crippen LogP contribution in [-0.4, -0.2) is 89.2 Å². The topological polar surface area (TPSA) is 197 Å². The Morgan fingerprint density at radius 2 is 1.42 bits per heavy atom. The standard InChI is InChI=1S/C42H73O14P/c1-3-5-7-8-9-10-11-12-13-14-15-16-21-25-41(45)50-32-36(33-52-57(48,49)51-31-34(44)30-43)53-42(46)26-22-18-17-20-24-37-38(40-29-39(37)55-56-40)28-27-35(54-47)23-19-6-4-2/h6,17,19-20,27-28,34-40,43-44,47H,3-5,7-16,18,21-26,29-33H2,1-2H3,(H,48,49)/b19-6-,20-17-,28-27+. The molecule has 0 aromatic carbocycles. The van der Waals surface area contributed by atoms with Crippen molar-refractivity contribution in [3.63, 3.8) is 0 Å². The van der Waals surface area contributed by atoms with Gasteiger partial charge in [0.25, 0.3) is 0 Å². The number of carbonyl (C=O) groups is 2. The summed E-state index contributed by atoms with van der Waals surface area (Å²) in [4.78, 5) is 50.8. The number of allylic oxidation sites excluding steroid dienone is 3. The molecular formula is C42H73O14P. The number of fused-ring (bicyclic) bond motifs is 2. The van der Waals surface area contributed by atoms with E-state index in [-0.39, 0.29) is 43.5 Å². The van der Waals surface area contributed by atoms with Gasteiger partial charge in [-0.3, -0.25) is 23.9 Å². The van der Waals surface area contributed by atoms with Crippen LogP contribution in [0.15, 0.2) is 36.5 Å². The molecule has 1 saturated carbocycles. The normalized spacial score (nSPS) is 22.1. The number of hydrogen-bond acceptors (Lipinski definition) is 13. The molecular weight excluding hydrogens is 759 g/mol. The summed E-state index contributed by atoms with van der Waals surface area (Å²) < 4.78 is 32.8. The average molecular weight is 833 g/mol. The first-order valence-corrected chi connectivity index (χ1v) is 23.0. The molecule has 1 aliphatic heterocycles. The minimum absolute atomic E-state index is 0.0280. The van der Waals surface area contributed by atoms with Crippen LogP contribution in [0.1, 0.15) is 149 Å². The van der Waals surface area contributed by atoms with E-state index in [2.05, 4.69) is 22.4 Å². The van der Waals surface area contributed by atoms with Gasteiger partial charge >= 0.3 is 19.8 Å². The summed E-state index contributed by atoms with van der Waals surface area (Å²) in [5.41, 5.74) is 0. The van der Waals surface area contributed by atoms with Gasteiger partial charge in [-0.05, 0) is 38.5 Å². The first-order valence-electron chi connectivity index (χ1n) is 21.5. The van der Waals surface area contributed by atoms with Crippen LogP contribution in [0.2, 0.25) is 0 Å². The fraction of sp³-hybridized carbons (Fsp3) is 0.810. The van der Waals surface area contributed by atoms with Crippen LogP contribution in [0, 0.1) is 11.8 Å². The number of phosphoric acid groups is 1. The zero-order valence-electron chi connectivity index (χ0n) is 34.5. The van der Waals surface area contributed by atoms with Crippen molar-refractivity contribution in [2.75, 3.05) is 26.4 Å². The minimum atomic E-state index is -4.67. The zero-order valence-corrected chi connectivity index (χ0v) is 35.4. The van der Waals surface area contributed by atoms with Crippen LogP contribution < -0.4 is 0 Å². The highest BCUT2D eigenvalue weighted by Gasteiger charge is 2.49. The van der Waals surface area contributed by atoms with E-state index >= 15 is 0 Å². The maximum Gasteiger partial charge on any atom is 0.472 e. The number of ether oxygens (including phenoxy) is 2. The maximum atomic E-state index is 12.8. The molecule has 0 aromatic heterocycles. The quantitative estimate of drug-likeness (QED) is 0.0117. The van der Waals surface area contributed by atoms with Crippen molar-refractivity contribution in [2.24, 2.45) is 11.8 Å². The first-order chi connectivity index (χ1) is 27.6. The van der Waals surface area contributed by atoms with Gasteiger partial charge in [0.2, 0.25) is 0 Å². The molecule has 0 amide bonds. The lowest BCUT2D eigenvalue weighted by Crippen LogP contribution is -2.29. The largest absolute Gasteiger partial charge is 0.472 e. The summed E-state index contributed by atoms with van der Waals surface area (Å²) in [7, 11) is -4.67. The minimum Gasteiger partial charge on any atom is -0.462 e. The number of aliphatic hydroxyl groups excluding tert-OH is 2. The number of rotatable bonds is 36. The van der Waals surface area contributed by atoms with Gasteiger partial charge in [0, 0.05) is 31.1 Å². The molecule has 0 spiro atoms. The highest BCUT2D eigenvalue weighted by molar-refractivity contribution is 7.47. The van der Waals surface area contributed by atoms with Gasteiger partial charge in [-0.2, -0.15) is 0 Å². The average Bonchev–Trinajstić information content (AvgIpc) is 3.81. The van der Waals surface area contributed by atoms with Gasteiger partial charge in [-0.15, -0.1) is 0 Å². The Kier molecular flexibility index (Phi) is 28.6. The third kappa shape index (κ3) is 24.0. The lowest BCUT2D eigenvalue weighted by Gasteiger charge is -2.27. The molecule has 14 nitrogen and oxygen atoms in total. The smallest absolute Gasteiger partial charge is 0.462 e. The molecule has 330 valence electrons. The molecule has 15 heteroatoms. The highest BCUT2D eigenvalue weighted by Crippen LogP contribution is 2.45. The molecule has 2 aliphatic rings.